The van der Waals surface area contributed by atoms with Crippen molar-refractivity contribution in [3.05, 3.63) is 35.9 Å². The van der Waals surface area contributed by atoms with Gasteiger partial charge in [-0.1, -0.05) is 76.8 Å². The van der Waals surface area contributed by atoms with Crippen molar-refractivity contribution < 1.29 is 0 Å². The van der Waals surface area contributed by atoms with Gasteiger partial charge in [0.1, 0.15) is 0 Å². The maximum atomic E-state index is 2.41. The minimum Gasteiger partial charge on any atom is -0.302 e. The average Bonchev–Trinajstić information content (AvgIpc) is 2.35. The van der Waals surface area contributed by atoms with Crippen molar-refractivity contribution >= 4 is 0 Å². The fourth-order valence-corrected chi connectivity index (χ4v) is 3.23. The lowest BCUT2D eigenvalue weighted by Gasteiger charge is -2.39. The predicted octanol–water partition coefficient (Wildman–Crippen LogP) is 5.29. The molecule has 0 amide bonds. The number of hydrogen-bond donors (Lipinski definition) is 0. The molecule has 0 aliphatic heterocycles. The summed E-state index contributed by atoms with van der Waals surface area (Å²) in [7, 11) is 4.40. The summed E-state index contributed by atoms with van der Waals surface area (Å²) in [6.07, 6.45) is 6.70. The highest BCUT2D eigenvalue weighted by Gasteiger charge is 2.31. The van der Waals surface area contributed by atoms with E-state index in [9.17, 15) is 0 Å². The zero-order chi connectivity index (χ0) is 14.3. The van der Waals surface area contributed by atoms with E-state index in [2.05, 4.69) is 70.1 Å². The molecule has 0 radical (unpaired) electrons. The van der Waals surface area contributed by atoms with Crippen LogP contribution in [0.4, 0.5) is 0 Å². The first-order chi connectivity index (χ1) is 8.99. The smallest absolute Gasteiger partial charge is 0.0393 e. The summed E-state index contributed by atoms with van der Waals surface area (Å²) in [5, 5.41) is 0. The van der Waals surface area contributed by atoms with Gasteiger partial charge in [0.2, 0.25) is 0 Å². The lowest BCUT2D eigenvalue weighted by Crippen LogP contribution is -2.33. The number of hydrogen-bond acceptors (Lipinski definition) is 1. The van der Waals surface area contributed by atoms with Crippen LogP contribution < -0.4 is 0 Å². The van der Waals surface area contributed by atoms with E-state index < -0.39 is 0 Å². The van der Waals surface area contributed by atoms with Gasteiger partial charge in [0, 0.05) is 6.04 Å². The molecular weight excluding hydrogens is 230 g/mol. The molecule has 0 aromatic heterocycles. The van der Waals surface area contributed by atoms with Gasteiger partial charge in [-0.15, -0.1) is 0 Å². The van der Waals surface area contributed by atoms with E-state index in [0.29, 0.717) is 11.5 Å². The highest BCUT2D eigenvalue weighted by atomic mass is 15.1. The molecule has 0 N–H and O–H groups in total. The van der Waals surface area contributed by atoms with Crippen molar-refractivity contribution in [2.24, 2.45) is 5.41 Å². The monoisotopic (exact) mass is 261 g/mol. The molecular formula is C18H31N. The Morgan fingerprint density at radius 2 is 1.63 bits per heavy atom. The molecule has 0 aliphatic carbocycles. The van der Waals surface area contributed by atoms with Crippen LogP contribution in [0.2, 0.25) is 0 Å². The Bertz CT molecular complexity index is 340. The quantitative estimate of drug-likeness (QED) is 0.575. The first-order valence-electron chi connectivity index (χ1n) is 7.70. The normalized spacial score (nSPS) is 13.8. The third-order valence-electron chi connectivity index (χ3n) is 4.05. The molecule has 0 spiro atoms. The largest absolute Gasteiger partial charge is 0.302 e. The van der Waals surface area contributed by atoms with Gasteiger partial charge in [-0.3, -0.25) is 0 Å². The van der Waals surface area contributed by atoms with Gasteiger partial charge in [0.25, 0.3) is 0 Å². The van der Waals surface area contributed by atoms with Crippen LogP contribution in [0.5, 0.6) is 0 Å². The first kappa shape index (κ1) is 16.2. The Kier molecular flexibility index (Phi) is 6.57. The van der Waals surface area contributed by atoms with Crippen LogP contribution in [-0.2, 0) is 0 Å². The van der Waals surface area contributed by atoms with Crippen LogP contribution in [0, 0.1) is 5.41 Å². The summed E-state index contributed by atoms with van der Waals surface area (Å²) in [5.74, 6) is 0. The molecule has 1 rings (SSSR count). The fourth-order valence-electron chi connectivity index (χ4n) is 3.23. The first-order valence-corrected chi connectivity index (χ1v) is 7.70. The second kappa shape index (κ2) is 7.69. The summed E-state index contributed by atoms with van der Waals surface area (Å²) in [6.45, 7) is 7.10. The number of unbranched alkanes of at least 4 members (excludes halogenated alkanes) is 3. The highest BCUT2D eigenvalue weighted by molar-refractivity contribution is 5.21. The van der Waals surface area contributed by atoms with E-state index in [-0.39, 0.29) is 0 Å². The standard InChI is InChI=1S/C18H31N/c1-6-7-8-12-15-18(2,3)17(19(4)5)16-13-10-9-11-14-16/h9-11,13-14,17H,6-8,12,15H2,1-5H3/t17-/m1/s1. The Hall–Kier alpha value is -0.820. The second-order valence-corrected chi connectivity index (χ2v) is 6.58. The van der Waals surface area contributed by atoms with Crippen LogP contribution in [0.15, 0.2) is 30.3 Å². The average molecular weight is 261 g/mol. The second-order valence-electron chi connectivity index (χ2n) is 6.58. The molecule has 19 heavy (non-hydrogen) atoms. The van der Waals surface area contributed by atoms with Crippen LogP contribution in [0.1, 0.15) is 64.5 Å². The lowest BCUT2D eigenvalue weighted by atomic mass is 9.76. The molecule has 1 heteroatoms. The number of benzene rings is 1. The number of rotatable bonds is 8. The minimum atomic E-state index is 0.318. The van der Waals surface area contributed by atoms with Crippen molar-refractivity contribution in [1.82, 2.24) is 4.90 Å². The molecule has 0 fully saturated rings. The predicted molar refractivity (Wildman–Crippen MR) is 85.4 cm³/mol. The lowest BCUT2D eigenvalue weighted by molar-refractivity contribution is 0.122. The molecule has 1 aromatic carbocycles. The van der Waals surface area contributed by atoms with E-state index in [1.165, 1.54) is 37.7 Å². The molecule has 0 aliphatic rings. The van der Waals surface area contributed by atoms with E-state index >= 15 is 0 Å². The zero-order valence-electron chi connectivity index (χ0n) is 13.4. The molecule has 0 unspecified atom stereocenters. The Labute approximate surface area is 120 Å². The van der Waals surface area contributed by atoms with Gasteiger partial charge in [0.15, 0.2) is 0 Å². The van der Waals surface area contributed by atoms with Crippen molar-refractivity contribution in [3.63, 3.8) is 0 Å². The van der Waals surface area contributed by atoms with Crippen LogP contribution in [0.25, 0.3) is 0 Å². The van der Waals surface area contributed by atoms with Crippen LogP contribution in [0.3, 0.4) is 0 Å². The van der Waals surface area contributed by atoms with Crippen molar-refractivity contribution in [2.75, 3.05) is 14.1 Å². The zero-order valence-corrected chi connectivity index (χ0v) is 13.4. The summed E-state index contributed by atoms with van der Waals surface area (Å²) in [5.41, 5.74) is 1.76. The Balaban J connectivity index is 2.74. The van der Waals surface area contributed by atoms with Gasteiger partial charge in [-0.05, 0) is 31.5 Å². The van der Waals surface area contributed by atoms with Crippen LogP contribution >= 0.6 is 0 Å². The van der Waals surface area contributed by atoms with Crippen LogP contribution in [-0.4, -0.2) is 19.0 Å². The Morgan fingerprint density at radius 1 is 1.00 bits per heavy atom. The summed E-state index contributed by atoms with van der Waals surface area (Å²) in [4.78, 5) is 2.37. The van der Waals surface area contributed by atoms with Crippen molar-refractivity contribution in [1.29, 1.82) is 0 Å². The summed E-state index contributed by atoms with van der Waals surface area (Å²) < 4.78 is 0. The third-order valence-corrected chi connectivity index (χ3v) is 4.05. The molecule has 1 atom stereocenters. The molecule has 0 heterocycles. The fraction of sp³-hybridized carbons (Fsp3) is 0.667. The molecule has 1 aromatic rings. The SMILES string of the molecule is CCCCCCC(C)(C)[C@@H](c1ccccc1)N(C)C. The van der Waals surface area contributed by atoms with Gasteiger partial charge in [0.05, 0.1) is 0 Å². The van der Waals surface area contributed by atoms with E-state index in [1.807, 2.05) is 0 Å². The molecule has 1 nitrogen and oxygen atoms in total. The maximum Gasteiger partial charge on any atom is 0.0393 e. The van der Waals surface area contributed by atoms with Gasteiger partial charge in [-0.2, -0.15) is 0 Å². The van der Waals surface area contributed by atoms with Gasteiger partial charge >= 0.3 is 0 Å². The molecule has 0 saturated heterocycles. The summed E-state index contributed by atoms with van der Waals surface area (Å²) >= 11 is 0. The van der Waals surface area contributed by atoms with Gasteiger partial charge < -0.3 is 4.90 Å². The van der Waals surface area contributed by atoms with Gasteiger partial charge in [-0.25, -0.2) is 0 Å². The number of nitrogens with zero attached hydrogens (tertiary/aromatic N) is 1. The summed E-state index contributed by atoms with van der Waals surface area (Å²) in [6, 6.07) is 11.4. The Morgan fingerprint density at radius 3 is 2.16 bits per heavy atom. The third kappa shape index (κ3) is 4.99. The van der Waals surface area contributed by atoms with Crippen molar-refractivity contribution in [2.45, 2.75) is 58.9 Å². The topological polar surface area (TPSA) is 3.24 Å². The maximum absolute atomic E-state index is 2.41. The molecule has 108 valence electrons. The highest BCUT2D eigenvalue weighted by Crippen LogP contribution is 2.40. The van der Waals surface area contributed by atoms with E-state index in [4.69, 9.17) is 0 Å². The molecule has 0 bridgehead atoms. The van der Waals surface area contributed by atoms with Crippen molar-refractivity contribution in [3.8, 4) is 0 Å². The molecule has 0 saturated carbocycles. The van der Waals surface area contributed by atoms with E-state index in [0.717, 1.165) is 0 Å². The van der Waals surface area contributed by atoms with E-state index in [1.54, 1.807) is 0 Å². The minimum absolute atomic E-state index is 0.318.